The van der Waals surface area contributed by atoms with E-state index in [0.717, 1.165) is 25.7 Å². The van der Waals surface area contributed by atoms with Gasteiger partial charge in [-0.15, -0.1) is 0 Å². The van der Waals surface area contributed by atoms with Crippen molar-refractivity contribution in [2.75, 3.05) is 25.1 Å². The number of hydrogen-bond acceptors (Lipinski definition) is 5. The summed E-state index contributed by atoms with van der Waals surface area (Å²) >= 11 is 2.22. The van der Waals surface area contributed by atoms with E-state index in [-0.39, 0.29) is 23.1 Å². The minimum absolute atomic E-state index is 0.0269. The van der Waals surface area contributed by atoms with Crippen molar-refractivity contribution in [3.8, 4) is 28.8 Å². The number of alkyl halides is 4. The Balaban J connectivity index is 1.91. The minimum Gasteiger partial charge on any atom is -0.334 e. The van der Waals surface area contributed by atoms with Crippen LogP contribution in [0.5, 0.6) is 0 Å². The highest BCUT2D eigenvalue weighted by atomic mass is 127. The van der Waals surface area contributed by atoms with E-state index >= 15 is 0 Å². The van der Waals surface area contributed by atoms with Gasteiger partial charge < -0.3 is 10.2 Å². The Hall–Kier alpha value is -3.90. The Kier molecular flexibility index (Phi) is 9.57. The number of nitrogens with zero attached hydrogens (tertiary/aromatic N) is 6. The van der Waals surface area contributed by atoms with Crippen LogP contribution in [-0.4, -0.2) is 61.0 Å². The van der Waals surface area contributed by atoms with Crippen molar-refractivity contribution >= 4 is 28.6 Å². The summed E-state index contributed by atoms with van der Waals surface area (Å²) in [5.74, 6) is 0. The number of imidazole rings is 1. The van der Waals surface area contributed by atoms with Crippen molar-refractivity contribution in [2.24, 2.45) is 0 Å². The second-order valence-electron chi connectivity index (χ2n) is 9.94. The monoisotopic (exact) mass is 691 g/mol. The second-order valence-corrected chi connectivity index (χ2v) is 11.0. The molecule has 2 heterocycles. The molecule has 1 unspecified atom stereocenters. The van der Waals surface area contributed by atoms with Crippen molar-refractivity contribution in [1.29, 1.82) is 5.26 Å². The fourth-order valence-electron chi connectivity index (χ4n) is 4.66. The highest BCUT2D eigenvalue weighted by Crippen LogP contribution is 2.32. The third kappa shape index (κ3) is 6.60. The average molecular weight is 691 g/mol. The molecule has 13 heteroatoms. The Labute approximate surface area is 254 Å². The molecule has 1 N–H and O–H groups in total. The maximum Gasteiger partial charge on any atom is 0.416 e. The van der Waals surface area contributed by atoms with Gasteiger partial charge in [-0.3, -0.25) is 4.57 Å². The fourth-order valence-corrected chi connectivity index (χ4v) is 5.41. The summed E-state index contributed by atoms with van der Waals surface area (Å²) < 4.78 is 45.1. The summed E-state index contributed by atoms with van der Waals surface area (Å²) in [7, 11) is 3.85. The first-order valence-corrected chi connectivity index (χ1v) is 14.6. The fraction of sp³-hybridized carbons (Fsp3) is 0.310. The van der Waals surface area contributed by atoms with Crippen LogP contribution in [0.1, 0.15) is 29.7 Å². The maximum absolute atomic E-state index is 14.0. The number of halogens is 4. The number of carbonyl (C=O) groups is 1. The Morgan fingerprint density at radius 1 is 1.12 bits per heavy atom. The first-order chi connectivity index (χ1) is 20.0. The van der Waals surface area contributed by atoms with Gasteiger partial charge in [-0.1, -0.05) is 28.7 Å². The van der Waals surface area contributed by atoms with E-state index in [0.29, 0.717) is 36.3 Å². The third-order valence-corrected chi connectivity index (χ3v) is 7.38. The van der Waals surface area contributed by atoms with Crippen molar-refractivity contribution in [1.82, 2.24) is 29.1 Å². The summed E-state index contributed by atoms with van der Waals surface area (Å²) in [6.45, 7) is 2.28. The standard InChI is InChI=1S/C29H29F3IN7O2/c1-19-26(25-12-15-35-40(25)23-9-7-20(18-34)8-10-23)39(27(41)36-22(11-14-33)13-16-37(2)3)28(42)38(19)24-6-4-5-21(17-24)29(30,31)32/h4-10,12,15,17,22H,11,13-14,16H2,1-3H3,(H,36,41). The summed E-state index contributed by atoms with van der Waals surface area (Å²) in [4.78, 5) is 29.8. The first kappa shape index (κ1) is 31.0. The van der Waals surface area contributed by atoms with Crippen molar-refractivity contribution in [3.63, 3.8) is 0 Å². The van der Waals surface area contributed by atoms with Gasteiger partial charge in [0.25, 0.3) is 0 Å². The predicted octanol–water partition coefficient (Wildman–Crippen LogP) is 5.39. The molecule has 42 heavy (non-hydrogen) atoms. The molecule has 9 nitrogen and oxygen atoms in total. The van der Waals surface area contributed by atoms with E-state index in [9.17, 15) is 28.0 Å². The number of nitriles is 1. The lowest BCUT2D eigenvalue weighted by molar-refractivity contribution is -0.137. The van der Waals surface area contributed by atoms with Crippen LogP contribution in [0.25, 0.3) is 22.8 Å². The zero-order valence-electron chi connectivity index (χ0n) is 23.2. The van der Waals surface area contributed by atoms with Crippen LogP contribution in [0.3, 0.4) is 0 Å². The highest BCUT2D eigenvalue weighted by molar-refractivity contribution is 14.1. The Morgan fingerprint density at radius 3 is 2.45 bits per heavy atom. The van der Waals surface area contributed by atoms with Gasteiger partial charge in [-0.25, -0.2) is 18.8 Å². The van der Waals surface area contributed by atoms with E-state index in [4.69, 9.17) is 0 Å². The molecule has 0 aliphatic carbocycles. The molecular formula is C29H29F3IN7O2. The summed E-state index contributed by atoms with van der Waals surface area (Å²) in [5, 5.41) is 16.5. The number of hydrogen-bond donors (Lipinski definition) is 1. The summed E-state index contributed by atoms with van der Waals surface area (Å²) in [6.07, 6.45) is -1.82. The molecular weight excluding hydrogens is 662 g/mol. The molecule has 4 rings (SSSR count). The second kappa shape index (κ2) is 13.0. The average Bonchev–Trinajstić information content (AvgIpc) is 3.53. The molecule has 0 aliphatic rings. The molecule has 2 aromatic heterocycles. The van der Waals surface area contributed by atoms with Gasteiger partial charge in [0, 0.05) is 10.5 Å². The topological polar surface area (TPSA) is 101 Å². The van der Waals surface area contributed by atoms with Crippen LogP contribution < -0.4 is 11.0 Å². The lowest BCUT2D eigenvalue weighted by atomic mass is 10.1. The van der Waals surface area contributed by atoms with E-state index in [2.05, 4.69) is 39.1 Å². The molecule has 2 aromatic carbocycles. The van der Waals surface area contributed by atoms with Gasteiger partial charge >= 0.3 is 17.9 Å². The molecule has 0 radical (unpaired) electrons. The molecule has 1 atom stereocenters. The Bertz CT molecular complexity index is 1660. The van der Waals surface area contributed by atoms with Crippen LogP contribution in [0.4, 0.5) is 18.0 Å². The molecule has 0 saturated heterocycles. The zero-order chi connectivity index (χ0) is 30.6. The molecule has 0 bridgehead atoms. The Morgan fingerprint density at radius 2 is 1.83 bits per heavy atom. The quantitative estimate of drug-likeness (QED) is 0.188. The van der Waals surface area contributed by atoms with Crippen molar-refractivity contribution in [3.05, 3.63) is 88.1 Å². The molecule has 0 spiro atoms. The van der Waals surface area contributed by atoms with Crippen molar-refractivity contribution in [2.45, 2.75) is 32.0 Å². The number of amides is 1. The van der Waals surface area contributed by atoms with Gasteiger partial charge in [0.1, 0.15) is 5.69 Å². The van der Waals surface area contributed by atoms with Gasteiger partial charge in [-0.05, 0) is 88.9 Å². The van der Waals surface area contributed by atoms with Crippen LogP contribution in [-0.2, 0) is 6.18 Å². The molecule has 0 saturated carbocycles. The highest BCUT2D eigenvalue weighted by Gasteiger charge is 2.32. The number of aromatic nitrogens is 4. The van der Waals surface area contributed by atoms with Gasteiger partial charge in [-0.2, -0.15) is 23.5 Å². The number of benzene rings is 2. The van der Waals surface area contributed by atoms with Crippen LogP contribution in [0.2, 0.25) is 0 Å². The van der Waals surface area contributed by atoms with Gasteiger partial charge in [0.2, 0.25) is 0 Å². The molecule has 4 aromatic rings. The molecule has 0 fully saturated rings. The van der Waals surface area contributed by atoms with Crippen LogP contribution in [0.15, 0.2) is 65.6 Å². The maximum atomic E-state index is 14.0. The summed E-state index contributed by atoms with van der Waals surface area (Å²) in [5.41, 5.74) is 0.0466. The smallest absolute Gasteiger partial charge is 0.334 e. The normalized spacial score (nSPS) is 12.4. The lowest BCUT2D eigenvalue weighted by Gasteiger charge is -2.20. The predicted molar refractivity (Wildman–Crippen MR) is 161 cm³/mol. The zero-order valence-corrected chi connectivity index (χ0v) is 25.3. The molecule has 0 aliphatic heterocycles. The van der Waals surface area contributed by atoms with Crippen LogP contribution >= 0.6 is 22.6 Å². The van der Waals surface area contributed by atoms with Gasteiger partial charge in [0.15, 0.2) is 0 Å². The van der Waals surface area contributed by atoms with E-state index < -0.39 is 23.5 Å². The van der Waals surface area contributed by atoms with Crippen molar-refractivity contribution < 1.29 is 18.0 Å². The number of carbonyl (C=O) groups excluding carboxylic acids is 1. The van der Waals surface area contributed by atoms with Gasteiger partial charge in [0.05, 0.1) is 46.2 Å². The number of nitrogens with one attached hydrogen (secondary N) is 1. The molecule has 220 valence electrons. The summed E-state index contributed by atoms with van der Waals surface area (Å²) in [6, 6.07) is 13.7. The van der Waals surface area contributed by atoms with E-state index in [1.165, 1.54) is 23.0 Å². The minimum atomic E-state index is -4.62. The lowest BCUT2D eigenvalue weighted by Crippen LogP contribution is -2.43. The molecule has 1 amide bonds. The first-order valence-electron chi connectivity index (χ1n) is 13.0. The largest absolute Gasteiger partial charge is 0.416 e. The SMILES string of the molecule is Cc1c(-c2ccnn2-c2ccc(C#N)cc2)n(C(=O)NC(CCI)CCN(C)C)c(=O)n1-c1cccc(C(F)(F)F)c1. The van der Waals surface area contributed by atoms with E-state index in [1.54, 1.807) is 37.3 Å². The third-order valence-electron chi connectivity index (χ3n) is 6.76. The number of rotatable bonds is 9. The van der Waals surface area contributed by atoms with Crippen LogP contribution in [0, 0.1) is 18.3 Å². The van der Waals surface area contributed by atoms with E-state index in [1.807, 2.05) is 19.0 Å².